The molecule has 1 aliphatic heterocycles. The number of para-hydroxylation sites is 1. The minimum Gasteiger partial charge on any atom is -0.324 e. The predicted molar refractivity (Wildman–Crippen MR) is 82.2 cm³/mol. The van der Waals surface area contributed by atoms with Crippen molar-refractivity contribution < 1.29 is 8.42 Å². The Morgan fingerprint density at radius 2 is 1.90 bits per heavy atom. The summed E-state index contributed by atoms with van der Waals surface area (Å²) in [5.74, 6) is 0. The highest BCUT2D eigenvalue weighted by atomic mass is 32.2. The first-order valence-corrected chi connectivity index (χ1v) is 8.58. The maximum Gasteiger partial charge on any atom is 0.232 e. The van der Waals surface area contributed by atoms with Crippen molar-refractivity contribution in [1.82, 2.24) is 4.90 Å². The molecule has 1 heterocycles. The molecule has 0 bridgehead atoms. The third kappa shape index (κ3) is 3.71. The summed E-state index contributed by atoms with van der Waals surface area (Å²) in [6.45, 7) is 6.58. The molecular weight excluding hydrogens is 274 g/mol. The lowest BCUT2D eigenvalue weighted by Crippen LogP contribution is -2.46. The van der Waals surface area contributed by atoms with Gasteiger partial charge in [-0.05, 0) is 25.5 Å². The Hall–Kier alpha value is -1.11. The average molecular weight is 297 g/mol. The number of sulfonamides is 1. The summed E-state index contributed by atoms with van der Waals surface area (Å²) in [6.07, 6.45) is 1.26. The molecule has 0 unspecified atom stereocenters. The van der Waals surface area contributed by atoms with Gasteiger partial charge in [-0.1, -0.05) is 18.2 Å². The molecule has 2 N–H and O–H groups in total. The summed E-state index contributed by atoms with van der Waals surface area (Å²) < 4.78 is 25.4. The van der Waals surface area contributed by atoms with Gasteiger partial charge >= 0.3 is 0 Å². The van der Waals surface area contributed by atoms with Crippen LogP contribution in [0.3, 0.4) is 0 Å². The van der Waals surface area contributed by atoms with Crippen LogP contribution in [0.15, 0.2) is 24.3 Å². The van der Waals surface area contributed by atoms with Crippen LogP contribution in [-0.4, -0.2) is 44.7 Å². The summed E-state index contributed by atoms with van der Waals surface area (Å²) in [7, 11) is -3.25. The van der Waals surface area contributed by atoms with Gasteiger partial charge in [-0.15, -0.1) is 0 Å². The first kappa shape index (κ1) is 15.3. The maximum absolute atomic E-state index is 12.0. The highest BCUT2D eigenvalue weighted by molar-refractivity contribution is 7.92. The highest BCUT2D eigenvalue weighted by Crippen LogP contribution is 2.27. The van der Waals surface area contributed by atoms with Gasteiger partial charge in [-0.2, -0.15) is 0 Å². The first-order valence-electron chi connectivity index (χ1n) is 6.74. The molecule has 0 saturated carbocycles. The van der Waals surface area contributed by atoms with E-state index in [0.717, 1.165) is 24.3 Å². The van der Waals surface area contributed by atoms with E-state index < -0.39 is 10.0 Å². The minimum atomic E-state index is -3.25. The molecular formula is C14H23N3O2S. The largest absolute Gasteiger partial charge is 0.324 e. The number of hydrogen-bond acceptors (Lipinski definition) is 4. The number of hydrogen-bond donors (Lipinski definition) is 1. The molecule has 0 radical (unpaired) electrons. The summed E-state index contributed by atoms with van der Waals surface area (Å²) >= 11 is 0. The molecule has 0 spiro atoms. The van der Waals surface area contributed by atoms with Gasteiger partial charge in [0.15, 0.2) is 0 Å². The fourth-order valence-corrected chi connectivity index (χ4v) is 3.56. The van der Waals surface area contributed by atoms with Crippen molar-refractivity contribution in [2.24, 2.45) is 5.73 Å². The van der Waals surface area contributed by atoms with Gasteiger partial charge in [0.25, 0.3) is 0 Å². The van der Waals surface area contributed by atoms with Gasteiger partial charge in [0.1, 0.15) is 0 Å². The van der Waals surface area contributed by atoms with Crippen LogP contribution in [0.1, 0.15) is 19.4 Å². The molecule has 1 aromatic rings. The molecule has 0 amide bonds. The van der Waals surface area contributed by atoms with Crippen molar-refractivity contribution in [2.45, 2.75) is 25.9 Å². The Morgan fingerprint density at radius 1 is 1.25 bits per heavy atom. The van der Waals surface area contributed by atoms with Gasteiger partial charge in [0.2, 0.25) is 10.0 Å². The van der Waals surface area contributed by atoms with E-state index in [4.69, 9.17) is 5.73 Å². The quantitative estimate of drug-likeness (QED) is 0.904. The SMILES string of the molecule is CC(C)(N)CN1CCN(S(C)(=O)=O)c2ccccc2C1. The van der Waals surface area contributed by atoms with Crippen molar-refractivity contribution in [3.63, 3.8) is 0 Å². The van der Waals surface area contributed by atoms with Crippen molar-refractivity contribution in [1.29, 1.82) is 0 Å². The molecule has 0 aromatic heterocycles. The molecule has 0 fully saturated rings. The monoisotopic (exact) mass is 297 g/mol. The van der Waals surface area contributed by atoms with E-state index in [1.807, 2.05) is 38.1 Å². The first-order chi connectivity index (χ1) is 9.17. The highest BCUT2D eigenvalue weighted by Gasteiger charge is 2.27. The Balaban J connectivity index is 2.34. The van der Waals surface area contributed by atoms with Gasteiger partial charge < -0.3 is 5.73 Å². The van der Waals surface area contributed by atoms with Crippen LogP contribution >= 0.6 is 0 Å². The number of rotatable bonds is 3. The smallest absolute Gasteiger partial charge is 0.232 e. The second kappa shape index (κ2) is 5.35. The van der Waals surface area contributed by atoms with Crippen LogP contribution in [0.4, 0.5) is 5.69 Å². The van der Waals surface area contributed by atoms with E-state index in [0.29, 0.717) is 13.1 Å². The lowest BCUT2D eigenvalue weighted by Gasteiger charge is -2.28. The Bertz CT molecular complexity index is 578. The van der Waals surface area contributed by atoms with Crippen LogP contribution in [0.2, 0.25) is 0 Å². The zero-order valence-electron chi connectivity index (χ0n) is 12.3. The van der Waals surface area contributed by atoms with Crippen LogP contribution < -0.4 is 10.0 Å². The average Bonchev–Trinajstić information content (AvgIpc) is 2.44. The molecule has 6 heteroatoms. The number of nitrogens with zero attached hydrogens (tertiary/aromatic N) is 2. The lowest BCUT2D eigenvalue weighted by atomic mass is 10.1. The molecule has 0 atom stereocenters. The fourth-order valence-electron chi connectivity index (χ4n) is 2.62. The summed E-state index contributed by atoms with van der Waals surface area (Å²) in [5.41, 5.74) is 7.60. The van der Waals surface area contributed by atoms with Gasteiger partial charge in [-0.3, -0.25) is 9.21 Å². The van der Waals surface area contributed by atoms with Gasteiger partial charge in [0, 0.05) is 31.7 Å². The van der Waals surface area contributed by atoms with Crippen molar-refractivity contribution >= 4 is 15.7 Å². The van der Waals surface area contributed by atoms with Crippen molar-refractivity contribution in [3.05, 3.63) is 29.8 Å². The topological polar surface area (TPSA) is 66.6 Å². The van der Waals surface area contributed by atoms with Crippen LogP contribution in [-0.2, 0) is 16.6 Å². The predicted octanol–water partition coefficient (Wildman–Crippen LogP) is 1.01. The van der Waals surface area contributed by atoms with E-state index in [9.17, 15) is 8.42 Å². The van der Waals surface area contributed by atoms with Crippen molar-refractivity contribution in [3.8, 4) is 0 Å². The van der Waals surface area contributed by atoms with Crippen LogP contribution in [0.5, 0.6) is 0 Å². The number of benzene rings is 1. The summed E-state index contributed by atoms with van der Waals surface area (Å²) in [6, 6.07) is 7.67. The normalized spacial score (nSPS) is 17.7. The van der Waals surface area contributed by atoms with E-state index >= 15 is 0 Å². The van der Waals surface area contributed by atoms with Crippen LogP contribution in [0.25, 0.3) is 0 Å². The number of fused-ring (bicyclic) bond motifs is 1. The van der Waals surface area contributed by atoms with E-state index in [2.05, 4.69) is 4.90 Å². The molecule has 2 rings (SSSR count). The molecule has 112 valence electrons. The second-order valence-corrected chi connectivity index (χ2v) is 8.07. The number of anilines is 1. The third-order valence-corrected chi connectivity index (χ3v) is 4.48. The third-order valence-electron chi connectivity index (χ3n) is 3.31. The fraction of sp³-hybridized carbons (Fsp3) is 0.571. The Labute approximate surface area is 121 Å². The van der Waals surface area contributed by atoms with Gasteiger partial charge in [-0.25, -0.2) is 8.42 Å². The number of nitrogens with two attached hydrogens (primary N) is 1. The standard InChI is InChI=1S/C14H23N3O2S/c1-14(2,15)11-16-8-9-17(20(3,18)19)13-7-5-4-6-12(13)10-16/h4-7H,8-11,15H2,1-3H3. The zero-order chi connectivity index (χ0) is 15.0. The second-order valence-electron chi connectivity index (χ2n) is 6.16. The maximum atomic E-state index is 12.0. The lowest BCUT2D eigenvalue weighted by molar-refractivity contribution is 0.228. The molecule has 1 aromatic carbocycles. The Kier molecular flexibility index (Phi) is 4.09. The van der Waals surface area contributed by atoms with Crippen LogP contribution in [0, 0.1) is 0 Å². The van der Waals surface area contributed by atoms with E-state index in [1.165, 1.54) is 10.6 Å². The molecule has 0 saturated heterocycles. The summed E-state index contributed by atoms with van der Waals surface area (Å²) in [5, 5.41) is 0. The Morgan fingerprint density at radius 3 is 2.50 bits per heavy atom. The molecule has 5 nitrogen and oxygen atoms in total. The molecule has 0 aliphatic carbocycles. The van der Waals surface area contributed by atoms with E-state index in [1.54, 1.807) is 0 Å². The minimum absolute atomic E-state index is 0.296. The summed E-state index contributed by atoms with van der Waals surface area (Å²) in [4.78, 5) is 2.21. The zero-order valence-corrected chi connectivity index (χ0v) is 13.2. The molecule has 1 aliphatic rings. The van der Waals surface area contributed by atoms with Crippen molar-refractivity contribution in [2.75, 3.05) is 30.2 Å². The van der Waals surface area contributed by atoms with Gasteiger partial charge in [0.05, 0.1) is 11.9 Å². The molecule has 20 heavy (non-hydrogen) atoms. The van der Waals surface area contributed by atoms with E-state index in [-0.39, 0.29) is 5.54 Å².